The van der Waals surface area contributed by atoms with Crippen LogP contribution in [0.5, 0.6) is 5.75 Å². The number of aryl methyl sites for hydroxylation is 2. The van der Waals surface area contributed by atoms with Gasteiger partial charge >= 0.3 is 0 Å². The van der Waals surface area contributed by atoms with Crippen molar-refractivity contribution in [2.24, 2.45) is 0 Å². The topological polar surface area (TPSA) is 96.0 Å². The van der Waals surface area contributed by atoms with E-state index in [2.05, 4.69) is 5.32 Å². The molecule has 0 fully saturated rings. The third-order valence-corrected chi connectivity index (χ3v) is 6.59. The maximum atomic E-state index is 13.6. The van der Waals surface area contributed by atoms with E-state index in [0.29, 0.717) is 11.4 Å². The van der Waals surface area contributed by atoms with Gasteiger partial charge < -0.3 is 15.0 Å². The molecule has 0 aliphatic carbocycles. The van der Waals surface area contributed by atoms with Crippen molar-refractivity contribution in [3.63, 3.8) is 0 Å². The van der Waals surface area contributed by atoms with Crippen molar-refractivity contribution in [2.75, 3.05) is 24.2 Å². The van der Waals surface area contributed by atoms with Crippen molar-refractivity contribution in [1.82, 2.24) is 10.2 Å². The van der Waals surface area contributed by atoms with E-state index in [1.165, 1.54) is 4.90 Å². The standard InChI is InChI=1S/C26H37N3O5S/c1-18-12-13-19(2)23(14-18)29(35(8,32)33)17-24(30)28(20(3)25(31)27-26(4,5)6)16-21-10-9-11-22(15-21)34-7/h9-15,20H,16-17H2,1-8H3,(H,27,31)/t20-/m0/s1. The fourth-order valence-electron chi connectivity index (χ4n) is 3.61. The Balaban J connectivity index is 2.47. The number of anilines is 1. The number of hydrogen-bond acceptors (Lipinski definition) is 5. The monoisotopic (exact) mass is 503 g/mol. The zero-order valence-electron chi connectivity index (χ0n) is 21.9. The summed E-state index contributed by atoms with van der Waals surface area (Å²) in [5.74, 6) is -0.197. The second-order valence-corrected chi connectivity index (χ2v) is 11.8. The fourth-order valence-corrected chi connectivity index (χ4v) is 4.51. The van der Waals surface area contributed by atoms with Crippen LogP contribution in [-0.2, 0) is 26.2 Å². The Labute approximate surface area is 209 Å². The summed E-state index contributed by atoms with van der Waals surface area (Å²) >= 11 is 0. The van der Waals surface area contributed by atoms with Gasteiger partial charge in [-0.25, -0.2) is 8.42 Å². The molecule has 1 N–H and O–H groups in total. The molecule has 0 bridgehead atoms. The highest BCUT2D eigenvalue weighted by molar-refractivity contribution is 7.92. The quantitative estimate of drug-likeness (QED) is 0.566. The summed E-state index contributed by atoms with van der Waals surface area (Å²) in [5.41, 5.74) is 2.30. The minimum Gasteiger partial charge on any atom is -0.497 e. The van der Waals surface area contributed by atoms with Crippen LogP contribution in [0.1, 0.15) is 44.4 Å². The average molecular weight is 504 g/mol. The van der Waals surface area contributed by atoms with Crippen LogP contribution in [0.25, 0.3) is 0 Å². The van der Waals surface area contributed by atoms with E-state index in [4.69, 9.17) is 4.74 Å². The summed E-state index contributed by atoms with van der Waals surface area (Å²) in [6.45, 7) is 10.6. The zero-order chi connectivity index (χ0) is 26.6. The zero-order valence-corrected chi connectivity index (χ0v) is 22.7. The van der Waals surface area contributed by atoms with Gasteiger partial charge in [-0.05, 0) is 76.4 Å². The first-order valence-electron chi connectivity index (χ1n) is 11.4. The highest BCUT2D eigenvalue weighted by Gasteiger charge is 2.31. The smallest absolute Gasteiger partial charge is 0.244 e. The van der Waals surface area contributed by atoms with Gasteiger partial charge in [-0.2, -0.15) is 0 Å². The van der Waals surface area contributed by atoms with Gasteiger partial charge in [0.05, 0.1) is 19.1 Å². The number of hydrogen-bond donors (Lipinski definition) is 1. The van der Waals surface area contributed by atoms with Crippen LogP contribution in [0.15, 0.2) is 42.5 Å². The van der Waals surface area contributed by atoms with Gasteiger partial charge in [-0.15, -0.1) is 0 Å². The highest BCUT2D eigenvalue weighted by Crippen LogP contribution is 2.25. The number of rotatable bonds is 9. The van der Waals surface area contributed by atoms with Crippen LogP contribution < -0.4 is 14.4 Å². The van der Waals surface area contributed by atoms with Crippen molar-refractivity contribution < 1.29 is 22.7 Å². The number of methoxy groups -OCH3 is 1. The fraction of sp³-hybridized carbons (Fsp3) is 0.462. The number of ether oxygens (including phenoxy) is 1. The lowest BCUT2D eigenvalue weighted by Gasteiger charge is -2.33. The molecule has 2 rings (SSSR count). The van der Waals surface area contributed by atoms with E-state index in [1.807, 2.05) is 45.9 Å². The molecular weight excluding hydrogens is 466 g/mol. The molecule has 35 heavy (non-hydrogen) atoms. The molecule has 2 aromatic rings. The van der Waals surface area contributed by atoms with Crippen LogP contribution >= 0.6 is 0 Å². The van der Waals surface area contributed by atoms with Crippen LogP contribution in [0.4, 0.5) is 5.69 Å². The Bertz CT molecular complexity index is 1170. The molecule has 1 atom stereocenters. The molecule has 9 heteroatoms. The minimum atomic E-state index is -3.78. The summed E-state index contributed by atoms with van der Waals surface area (Å²) in [5, 5.41) is 2.91. The van der Waals surface area contributed by atoms with Gasteiger partial charge in [0.2, 0.25) is 21.8 Å². The lowest BCUT2D eigenvalue weighted by molar-refractivity contribution is -0.140. The SMILES string of the molecule is COc1cccc(CN(C(=O)CN(c2cc(C)ccc2C)S(C)(=O)=O)[C@@H](C)C(=O)NC(C)(C)C)c1. The number of nitrogens with one attached hydrogen (secondary N) is 1. The molecule has 2 aromatic carbocycles. The second-order valence-electron chi connectivity index (χ2n) is 9.85. The molecule has 0 radical (unpaired) electrons. The molecule has 8 nitrogen and oxygen atoms in total. The van der Waals surface area contributed by atoms with Crippen molar-refractivity contribution in [1.29, 1.82) is 0 Å². The molecule has 0 aliphatic rings. The van der Waals surface area contributed by atoms with Gasteiger partial charge in [0.25, 0.3) is 0 Å². The number of benzene rings is 2. The summed E-state index contributed by atoms with van der Waals surface area (Å²) in [6, 6.07) is 11.8. The maximum absolute atomic E-state index is 13.6. The normalized spacial score (nSPS) is 12.6. The maximum Gasteiger partial charge on any atom is 0.244 e. The largest absolute Gasteiger partial charge is 0.497 e. The molecule has 0 saturated heterocycles. The van der Waals surface area contributed by atoms with Crippen molar-refractivity contribution >= 4 is 27.5 Å². The van der Waals surface area contributed by atoms with E-state index in [1.54, 1.807) is 45.2 Å². The average Bonchev–Trinajstić information content (AvgIpc) is 2.75. The number of nitrogens with zero attached hydrogens (tertiary/aromatic N) is 2. The van der Waals surface area contributed by atoms with E-state index < -0.39 is 34.1 Å². The summed E-state index contributed by atoms with van der Waals surface area (Å²) in [6.07, 6.45) is 1.07. The predicted octanol–water partition coefficient (Wildman–Crippen LogP) is 3.41. The van der Waals surface area contributed by atoms with E-state index >= 15 is 0 Å². The van der Waals surface area contributed by atoms with Crippen LogP contribution in [0, 0.1) is 13.8 Å². The van der Waals surface area contributed by atoms with Crippen molar-refractivity contribution in [3.8, 4) is 5.75 Å². The number of sulfonamides is 1. The molecule has 0 aliphatic heterocycles. The number of amides is 2. The summed E-state index contributed by atoms with van der Waals surface area (Å²) in [7, 11) is -2.23. The molecule has 0 spiro atoms. The number of carbonyl (C=O) groups excluding carboxylic acids is 2. The first-order chi connectivity index (χ1) is 16.1. The Morgan fingerprint density at radius 3 is 2.31 bits per heavy atom. The van der Waals surface area contributed by atoms with E-state index in [0.717, 1.165) is 27.3 Å². The lowest BCUT2D eigenvalue weighted by atomic mass is 10.1. The first kappa shape index (κ1) is 28.2. The van der Waals surface area contributed by atoms with E-state index in [-0.39, 0.29) is 12.5 Å². The predicted molar refractivity (Wildman–Crippen MR) is 139 cm³/mol. The molecule has 0 unspecified atom stereocenters. The minimum absolute atomic E-state index is 0.110. The number of carbonyl (C=O) groups is 2. The van der Waals surface area contributed by atoms with Gasteiger partial charge in [0.15, 0.2) is 0 Å². The van der Waals surface area contributed by atoms with Gasteiger partial charge in [0, 0.05) is 12.1 Å². The molecule has 0 saturated carbocycles. The first-order valence-corrected chi connectivity index (χ1v) is 13.3. The molecule has 192 valence electrons. The molecule has 0 heterocycles. The Kier molecular flexibility index (Phi) is 8.94. The molecular formula is C26H37N3O5S. The Morgan fingerprint density at radius 1 is 1.09 bits per heavy atom. The molecule has 2 amide bonds. The van der Waals surface area contributed by atoms with Crippen LogP contribution in [-0.4, -0.2) is 56.6 Å². The van der Waals surface area contributed by atoms with Gasteiger partial charge in [0.1, 0.15) is 18.3 Å². The van der Waals surface area contributed by atoms with Crippen molar-refractivity contribution in [2.45, 2.75) is 59.7 Å². The van der Waals surface area contributed by atoms with E-state index in [9.17, 15) is 18.0 Å². The summed E-state index contributed by atoms with van der Waals surface area (Å²) < 4.78 is 31.9. The third kappa shape index (κ3) is 7.99. The van der Waals surface area contributed by atoms with Crippen molar-refractivity contribution in [3.05, 3.63) is 59.2 Å². The van der Waals surface area contributed by atoms with Crippen LogP contribution in [0.2, 0.25) is 0 Å². The Morgan fingerprint density at radius 2 is 1.74 bits per heavy atom. The second kappa shape index (κ2) is 11.1. The third-order valence-electron chi connectivity index (χ3n) is 5.47. The lowest BCUT2D eigenvalue weighted by Crippen LogP contribution is -2.54. The molecule has 0 aromatic heterocycles. The Hall–Kier alpha value is -3.07. The van der Waals surface area contributed by atoms with Gasteiger partial charge in [-0.1, -0.05) is 24.3 Å². The summed E-state index contributed by atoms with van der Waals surface area (Å²) in [4.78, 5) is 28.1. The highest BCUT2D eigenvalue weighted by atomic mass is 32.2. The van der Waals surface area contributed by atoms with Gasteiger partial charge in [-0.3, -0.25) is 13.9 Å². The van der Waals surface area contributed by atoms with Crippen LogP contribution in [0.3, 0.4) is 0 Å².